The smallest absolute Gasteiger partial charge is 0.385 e. The molecule has 0 aliphatic carbocycles. The first-order chi connectivity index (χ1) is 15.5. The Morgan fingerprint density at radius 1 is 0.556 bits per heavy atom. The van der Waals surface area contributed by atoms with Crippen molar-refractivity contribution in [3.63, 3.8) is 0 Å². The highest BCUT2D eigenvalue weighted by molar-refractivity contribution is 5.31. The Hall–Kier alpha value is -2.01. The van der Waals surface area contributed by atoms with Crippen LogP contribution >= 0.6 is 0 Å². The molecule has 0 saturated carbocycles. The van der Waals surface area contributed by atoms with E-state index in [9.17, 15) is 79.7 Å². The normalized spacial score (nSPS) is 17.2. The summed E-state index contributed by atoms with van der Waals surface area (Å²) in [4.78, 5) is 0. The van der Waals surface area contributed by atoms with Crippen molar-refractivity contribution in [1.29, 1.82) is 0 Å². The number of aliphatic hydroxyl groups is 1. The van der Waals surface area contributed by atoms with Crippen molar-refractivity contribution >= 4 is 0 Å². The zero-order valence-electron chi connectivity index (χ0n) is 17.4. The lowest BCUT2D eigenvalue weighted by atomic mass is 9.82. The molecule has 1 aromatic carbocycles. The number of hydrogen-bond acceptors (Lipinski definition) is 1. The maximum atomic E-state index is 14.2. The lowest BCUT2D eigenvalue weighted by Crippen LogP contribution is -2.74. The Labute approximate surface area is 189 Å². The second kappa shape index (κ2) is 8.51. The molecule has 0 bridgehead atoms. The van der Waals surface area contributed by atoms with Crippen LogP contribution in [0.15, 0.2) is 24.3 Å². The number of rotatable bonds is 9. The van der Waals surface area contributed by atoms with Gasteiger partial charge in [-0.05, 0) is 25.0 Å². The van der Waals surface area contributed by atoms with E-state index in [0.717, 1.165) is 25.1 Å². The summed E-state index contributed by atoms with van der Waals surface area (Å²) in [5.74, 6) is -57.0. The average molecular weight is 568 g/mol. The standard InChI is InChI=1S/C18H13F17O/c1-8-5-3-4-6-9(8)10(2,36)7-11(19,20)12(21,22)13(23,24)14(25,26)15(27,28)16(29,30)17(31,32)18(33,34)35/h3-6,36H,7H2,1-2H3. The molecule has 0 aliphatic heterocycles. The molecular formula is C18H13F17O. The topological polar surface area (TPSA) is 20.2 Å². The molecule has 1 unspecified atom stereocenters. The molecule has 0 aromatic heterocycles. The lowest BCUT2D eigenvalue weighted by molar-refractivity contribution is -0.462. The molecule has 1 N–H and O–H groups in total. The van der Waals surface area contributed by atoms with Gasteiger partial charge in [-0.15, -0.1) is 0 Å². The molecule has 0 radical (unpaired) electrons. The van der Waals surface area contributed by atoms with Crippen molar-refractivity contribution in [3.8, 4) is 0 Å². The van der Waals surface area contributed by atoms with Crippen LogP contribution in [0, 0.1) is 6.92 Å². The second-order valence-corrected chi connectivity index (χ2v) is 7.91. The molecule has 0 fully saturated rings. The first kappa shape index (κ1) is 32.0. The van der Waals surface area contributed by atoms with Crippen LogP contribution in [0.4, 0.5) is 74.6 Å². The van der Waals surface area contributed by atoms with Crippen molar-refractivity contribution in [2.75, 3.05) is 0 Å². The molecule has 0 amide bonds. The van der Waals surface area contributed by atoms with E-state index in [1.807, 2.05) is 0 Å². The minimum atomic E-state index is -8.68. The van der Waals surface area contributed by atoms with Crippen molar-refractivity contribution < 1.29 is 79.7 Å². The summed E-state index contributed by atoms with van der Waals surface area (Å²) in [5.41, 5.74) is -4.17. The first-order valence-electron chi connectivity index (χ1n) is 8.97. The van der Waals surface area contributed by atoms with Gasteiger partial charge in [0.25, 0.3) is 0 Å². The summed E-state index contributed by atoms with van der Waals surface area (Å²) in [5, 5.41) is 10.1. The van der Waals surface area contributed by atoms with E-state index in [1.165, 1.54) is 6.07 Å². The zero-order chi connectivity index (χ0) is 29.2. The molecule has 0 heterocycles. The van der Waals surface area contributed by atoms with Crippen LogP contribution < -0.4 is 0 Å². The highest BCUT2D eigenvalue weighted by atomic mass is 19.4. The Bertz CT molecular complexity index is 945. The molecule has 0 aliphatic rings. The quantitative estimate of drug-likeness (QED) is 0.305. The Morgan fingerprint density at radius 3 is 1.25 bits per heavy atom. The van der Waals surface area contributed by atoms with Crippen molar-refractivity contribution in [2.45, 2.75) is 73.5 Å². The van der Waals surface area contributed by atoms with Crippen molar-refractivity contribution in [1.82, 2.24) is 0 Å². The van der Waals surface area contributed by atoms with Gasteiger partial charge >= 0.3 is 47.6 Å². The SMILES string of the molecule is Cc1ccccc1C(C)(O)CC(F)(F)C(F)(F)C(F)(F)C(F)(F)C(F)(F)C(F)(F)C(F)(F)C(F)(F)F. The highest BCUT2D eigenvalue weighted by Gasteiger charge is 2.95. The monoisotopic (exact) mass is 568 g/mol. The minimum absolute atomic E-state index is 0.167. The van der Waals surface area contributed by atoms with Crippen molar-refractivity contribution in [3.05, 3.63) is 35.4 Å². The third kappa shape index (κ3) is 4.36. The van der Waals surface area contributed by atoms with Crippen molar-refractivity contribution in [2.24, 2.45) is 0 Å². The Balaban J connectivity index is 3.64. The van der Waals surface area contributed by atoms with E-state index in [4.69, 9.17) is 0 Å². The van der Waals surface area contributed by atoms with Crippen LogP contribution in [0.3, 0.4) is 0 Å². The van der Waals surface area contributed by atoms with E-state index in [2.05, 4.69) is 0 Å². The summed E-state index contributed by atoms with van der Waals surface area (Å²) < 4.78 is 227. The molecular weight excluding hydrogens is 555 g/mol. The molecule has 1 rings (SSSR count). The third-order valence-electron chi connectivity index (χ3n) is 5.08. The highest BCUT2D eigenvalue weighted by Crippen LogP contribution is 2.64. The van der Waals surface area contributed by atoms with E-state index >= 15 is 0 Å². The molecule has 1 nitrogen and oxygen atoms in total. The number of benzene rings is 1. The van der Waals surface area contributed by atoms with Crippen LogP contribution in [0.5, 0.6) is 0 Å². The third-order valence-corrected chi connectivity index (χ3v) is 5.08. The second-order valence-electron chi connectivity index (χ2n) is 7.91. The first-order valence-corrected chi connectivity index (χ1v) is 8.97. The summed E-state index contributed by atoms with van der Waals surface area (Å²) in [6, 6.07) is 4.03. The number of alkyl halides is 17. The lowest BCUT2D eigenvalue weighted by Gasteiger charge is -2.43. The van der Waals surface area contributed by atoms with Gasteiger partial charge in [0.15, 0.2) is 0 Å². The van der Waals surface area contributed by atoms with Gasteiger partial charge in [0.1, 0.15) is 0 Å². The van der Waals surface area contributed by atoms with E-state index in [-0.39, 0.29) is 12.5 Å². The van der Waals surface area contributed by atoms with Gasteiger partial charge in [0, 0.05) is 0 Å². The molecule has 0 spiro atoms. The van der Waals surface area contributed by atoms with Gasteiger partial charge in [0.2, 0.25) is 0 Å². The van der Waals surface area contributed by atoms with Crippen LogP contribution in [0.25, 0.3) is 0 Å². The molecule has 1 aromatic rings. The molecule has 1 atom stereocenters. The fraction of sp³-hybridized carbons (Fsp3) is 0.667. The summed E-state index contributed by atoms with van der Waals surface area (Å²) >= 11 is 0. The van der Waals surface area contributed by atoms with E-state index in [1.54, 1.807) is 0 Å². The Morgan fingerprint density at radius 2 is 0.889 bits per heavy atom. The van der Waals surface area contributed by atoms with Gasteiger partial charge < -0.3 is 5.11 Å². The van der Waals surface area contributed by atoms with Gasteiger partial charge in [-0.1, -0.05) is 24.3 Å². The van der Waals surface area contributed by atoms with Gasteiger partial charge in [-0.3, -0.25) is 0 Å². The van der Waals surface area contributed by atoms with Gasteiger partial charge in [-0.2, -0.15) is 74.6 Å². The largest absolute Gasteiger partial charge is 0.460 e. The van der Waals surface area contributed by atoms with Crippen LogP contribution in [-0.2, 0) is 5.60 Å². The Kier molecular flexibility index (Phi) is 7.57. The van der Waals surface area contributed by atoms with Crippen LogP contribution in [-0.4, -0.2) is 52.7 Å². The molecule has 18 heteroatoms. The number of hydrogen-bond donors (Lipinski definition) is 1. The maximum absolute atomic E-state index is 14.2. The maximum Gasteiger partial charge on any atom is 0.460 e. The van der Waals surface area contributed by atoms with E-state index in [0.29, 0.717) is 0 Å². The van der Waals surface area contributed by atoms with Gasteiger partial charge in [0.05, 0.1) is 12.0 Å². The average Bonchev–Trinajstić information content (AvgIpc) is 2.65. The summed E-state index contributed by atoms with van der Waals surface area (Å²) in [7, 11) is 0. The molecule has 210 valence electrons. The predicted octanol–water partition coefficient (Wildman–Crippen LogP) is 7.60. The minimum Gasteiger partial charge on any atom is -0.385 e. The molecule has 0 saturated heterocycles. The predicted molar refractivity (Wildman–Crippen MR) is 86.1 cm³/mol. The zero-order valence-corrected chi connectivity index (χ0v) is 17.4. The molecule has 36 heavy (non-hydrogen) atoms. The summed E-state index contributed by atoms with van der Waals surface area (Å²) in [6.45, 7) is 1.33. The van der Waals surface area contributed by atoms with Crippen LogP contribution in [0.2, 0.25) is 0 Å². The number of halogens is 17. The van der Waals surface area contributed by atoms with Gasteiger partial charge in [-0.25, -0.2) is 0 Å². The summed E-state index contributed by atoms with van der Waals surface area (Å²) in [6.07, 6.45) is -10.8. The fourth-order valence-corrected chi connectivity index (χ4v) is 3.01. The fourth-order valence-electron chi connectivity index (χ4n) is 3.01. The number of aryl methyl sites for hydroxylation is 1. The van der Waals surface area contributed by atoms with E-state index < -0.39 is 65.2 Å². The van der Waals surface area contributed by atoms with Crippen LogP contribution in [0.1, 0.15) is 24.5 Å².